The molecular weight excluding hydrogens is 378 g/mol. The van der Waals surface area contributed by atoms with E-state index in [1.54, 1.807) is 0 Å². The first-order valence-electron chi connectivity index (χ1n) is 9.80. The van der Waals surface area contributed by atoms with Gasteiger partial charge in [0.15, 0.2) is 0 Å². The van der Waals surface area contributed by atoms with E-state index in [2.05, 4.69) is 17.2 Å². The Bertz CT molecular complexity index is 793. The Morgan fingerprint density at radius 3 is 2.57 bits per heavy atom. The van der Waals surface area contributed by atoms with Crippen molar-refractivity contribution in [1.82, 2.24) is 15.1 Å². The lowest BCUT2D eigenvalue weighted by Gasteiger charge is -2.43. The third-order valence-electron chi connectivity index (χ3n) is 5.63. The van der Waals surface area contributed by atoms with Crippen LogP contribution in [0.4, 0.5) is 4.79 Å². The Kier molecular flexibility index (Phi) is 5.74. The second-order valence-electron chi connectivity index (χ2n) is 7.58. The van der Waals surface area contributed by atoms with Crippen molar-refractivity contribution in [2.45, 2.75) is 31.4 Å². The number of nitrogens with one attached hydrogen (secondary N) is 1. The number of carbonyl (C=O) groups is 2. The highest BCUT2D eigenvalue weighted by Crippen LogP contribution is 2.22. The Morgan fingerprint density at radius 2 is 1.82 bits per heavy atom. The van der Waals surface area contributed by atoms with Crippen molar-refractivity contribution in [3.05, 3.63) is 34.9 Å². The maximum Gasteiger partial charge on any atom is 0.320 e. The highest BCUT2D eigenvalue weighted by atomic mass is 35.5. The van der Waals surface area contributed by atoms with Gasteiger partial charge < -0.3 is 19.9 Å². The van der Waals surface area contributed by atoms with Crippen LogP contribution in [0.5, 0.6) is 0 Å². The molecule has 2 atom stereocenters. The minimum absolute atomic E-state index is 0.0237. The Hall–Kier alpha value is -2.23. The molecule has 1 aromatic rings. The molecule has 3 saturated heterocycles. The fraction of sp³-hybridized carbons (Fsp3) is 0.524. The molecule has 3 amide bonds. The number of rotatable bonds is 0. The molecule has 1 aromatic carbocycles. The zero-order valence-corrected chi connectivity index (χ0v) is 16.5. The summed E-state index contributed by atoms with van der Waals surface area (Å²) in [6.45, 7) is 2.75. The summed E-state index contributed by atoms with van der Waals surface area (Å²) in [6, 6.07) is 7.49. The van der Waals surface area contributed by atoms with E-state index in [1.165, 1.54) is 0 Å². The van der Waals surface area contributed by atoms with Crippen molar-refractivity contribution in [3.63, 3.8) is 0 Å². The third kappa shape index (κ3) is 4.43. The molecule has 0 saturated carbocycles. The average Bonchev–Trinajstić information content (AvgIpc) is 2.72. The van der Waals surface area contributed by atoms with E-state index < -0.39 is 0 Å². The number of fused-ring (bicyclic) bond motifs is 1. The SMILES string of the molecule is O=C1CO[C@H]2CCN(C(=O)N3CCC(C#Cc4ccc(Cl)cc4)CC3)C[C@H]2N1. The van der Waals surface area contributed by atoms with Gasteiger partial charge in [-0.15, -0.1) is 0 Å². The second-order valence-corrected chi connectivity index (χ2v) is 8.01. The van der Waals surface area contributed by atoms with E-state index >= 15 is 0 Å². The molecule has 148 valence electrons. The number of halogens is 1. The lowest BCUT2D eigenvalue weighted by molar-refractivity contribution is -0.139. The Labute approximate surface area is 170 Å². The molecule has 6 nitrogen and oxygen atoms in total. The first-order chi connectivity index (χ1) is 13.6. The quantitative estimate of drug-likeness (QED) is 0.677. The number of morpholine rings is 1. The maximum atomic E-state index is 12.9. The number of hydrogen-bond acceptors (Lipinski definition) is 3. The van der Waals surface area contributed by atoms with Gasteiger partial charge in [0.1, 0.15) is 6.61 Å². The molecule has 4 rings (SSSR count). The first kappa shape index (κ1) is 19.1. The summed E-state index contributed by atoms with van der Waals surface area (Å²) >= 11 is 5.90. The van der Waals surface area contributed by atoms with Gasteiger partial charge in [-0.2, -0.15) is 0 Å². The van der Waals surface area contributed by atoms with Crippen LogP contribution in [0.3, 0.4) is 0 Å². The number of amides is 3. The molecular formula is C21H24ClN3O3. The number of likely N-dealkylation sites (tertiary alicyclic amines) is 2. The van der Waals surface area contributed by atoms with Gasteiger partial charge in [-0.3, -0.25) is 4.79 Å². The van der Waals surface area contributed by atoms with Crippen LogP contribution in [0, 0.1) is 17.8 Å². The van der Waals surface area contributed by atoms with Crippen LogP contribution in [-0.4, -0.2) is 66.7 Å². The van der Waals surface area contributed by atoms with Crippen molar-refractivity contribution < 1.29 is 14.3 Å². The summed E-state index contributed by atoms with van der Waals surface area (Å²) in [7, 11) is 0. The number of nitrogens with zero attached hydrogens (tertiary/aromatic N) is 2. The number of urea groups is 1. The lowest BCUT2D eigenvalue weighted by atomic mass is 9.97. The molecule has 0 aliphatic carbocycles. The fourth-order valence-corrected chi connectivity index (χ4v) is 4.13. The van der Waals surface area contributed by atoms with Crippen molar-refractivity contribution in [1.29, 1.82) is 0 Å². The molecule has 3 aliphatic heterocycles. The highest BCUT2D eigenvalue weighted by Gasteiger charge is 2.37. The molecule has 28 heavy (non-hydrogen) atoms. The number of piperidine rings is 2. The zero-order valence-electron chi connectivity index (χ0n) is 15.7. The van der Waals surface area contributed by atoms with Gasteiger partial charge in [0.05, 0.1) is 12.1 Å². The van der Waals surface area contributed by atoms with Crippen molar-refractivity contribution in [3.8, 4) is 11.8 Å². The van der Waals surface area contributed by atoms with Crippen LogP contribution in [0.15, 0.2) is 24.3 Å². The lowest BCUT2D eigenvalue weighted by Crippen LogP contribution is -2.62. The minimum atomic E-state index is -0.101. The number of carbonyl (C=O) groups excluding carboxylic acids is 2. The van der Waals surface area contributed by atoms with E-state index in [0.717, 1.165) is 24.8 Å². The molecule has 3 heterocycles. The summed E-state index contributed by atoms with van der Waals surface area (Å²) < 4.78 is 5.57. The molecule has 3 aliphatic rings. The molecule has 7 heteroatoms. The second kappa shape index (κ2) is 8.42. The van der Waals surface area contributed by atoms with Crippen LogP contribution >= 0.6 is 11.6 Å². The molecule has 0 radical (unpaired) electrons. The first-order valence-corrected chi connectivity index (χ1v) is 10.2. The normalized spacial score (nSPS) is 25.4. The summed E-state index contributed by atoms with van der Waals surface area (Å²) in [5.74, 6) is 6.74. The predicted molar refractivity (Wildman–Crippen MR) is 106 cm³/mol. The zero-order chi connectivity index (χ0) is 19.5. The van der Waals surface area contributed by atoms with E-state index in [-0.39, 0.29) is 30.7 Å². The van der Waals surface area contributed by atoms with Gasteiger partial charge >= 0.3 is 6.03 Å². The number of hydrogen-bond donors (Lipinski definition) is 1. The number of ether oxygens (including phenoxy) is 1. The van der Waals surface area contributed by atoms with E-state index in [4.69, 9.17) is 16.3 Å². The van der Waals surface area contributed by atoms with Crippen LogP contribution in [0.1, 0.15) is 24.8 Å². The van der Waals surface area contributed by atoms with E-state index in [9.17, 15) is 9.59 Å². The topological polar surface area (TPSA) is 61.9 Å². The average molecular weight is 402 g/mol. The van der Waals surface area contributed by atoms with Crippen LogP contribution in [-0.2, 0) is 9.53 Å². The minimum Gasteiger partial charge on any atom is -0.366 e. The van der Waals surface area contributed by atoms with Gasteiger partial charge in [-0.1, -0.05) is 23.4 Å². The Balaban J connectivity index is 1.28. The smallest absolute Gasteiger partial charge is 0.320 e. The molecule has 1 N–H and O–H groups in total. The molecule has 3 fully saturated rings. The monoisotopic (exact) mass is 401 g/mol. The van der Waals surface area contributed by atoms with Crippen LogP contribution in [0.25, 0.3) is 0 Å². The van der Waals surface area contributed by atoms with Gasteiger partial charge in [0, 0.05) is 42.7 Å². The molecule has 0 unspecified atom stereocenters. The van der Waals surface area contributed by atoms with Crippen molar-refractivity contribution >= 4 is 23.5 Å². The summed E-state index contributed by atoms with van der Waals surface area (Å²) in [6.07, 6.45) is 2.55. The number of benzene rings is 1. The van der Waals surface area contributed by atoms with Gasteiger partial charge in [-0.25, -0.2) is 4.79 Å². The van der Waals surface area contributed by atoms with Gasteiger partial charge in [0.25, 0.3) is 0 Å². The molecule has 0 aromatic heterocycles. The third-order valence-corrected chi connectivity index (χ3v) is 5.88. The fourth-order valence-electron chi connectivity index (χ4n) is 4.01. The Morgan fingerprint density at radius 1 is 1.11 bits per heavy atom. The highest BCUT2D eigenvalue weighted by molar-refractivity contribution is 6.30. The van der Waals surface area contributed by atoms with Crippen molar-refractivity contribution in [2.75, 3.05) is 32.8 Å². The van der Waals surface area contributed by atoms with E-state index in [0.29, 0.717) is 37.1 Å². The predicted octanol–water partition coefficient (Wildman–Crippen LogP) is 2.11. The van der Waals surface area contributed by atoms with Gasteiger partial charge in [-0.05, 0) is 43.5 Å². The van der Waals surface area contributed by atoms with Crippen LogP contribution < -0.4 is 5.32 Å². The summed E-state index contributed by atoms with van der Waals surface area (Å²) in [4.78, 5) is 28.2. The summed E-state index contributed by atoms with van der Waals surface area (Å²) in [5, 5.41) is 3.66. The maximum absolute atomic E-state index is 12.9. The largest absolute Gasteiger partial charge is 0.366 e. The van der Waals surface area contributed by atoms with Crippen LogP contribution in [0.2, 0.25) is 5.02 Å². The van der Waals surface area contributed by atoms with Crippen molar-refractivity contribution in [2.24, 2.45) is 5.92 Å². The standard InChI is InChI=1S/C21H24ClN3O3/c22-17-5-3-15(4-6-17)1-2-16-7-10-24(11-8-16)21(27)25-12-9-19-18(13-25)23-20(26)14-28-19/h3-6,16,18-19H,7-14H2,(H,23,26)/t18-,19+/m1/s1. The summed E-state index contributed by atoms with van der Waals surface area (Å²) in [5.41, 5.74) is 0.961. The van der Waals surface area contributed by atoms with E-state index in [1.807, 2.05) is 34.1 Å². The molecule has 0 bridgehead atoms. The van der Waals surface area contributed by atoms with Gasteiger partial charge in [0.2, 0.25) is 5.91 Å². The molecule has 0 spiro atoms.